The monoisotopic (exact) mass is 388 g/mol. The average molecular weight is 389 g/mol. The Labute approximate surface area is 169 Å². The van der Waals surface area contributed by atoms with Crippen LogP contribution >= 0.6 is 0 Å². The Morgan fingerprint density at radius 3 is 2.36 bits per heavy atom. The lowest BCUT2D eigenvalue weighted by Gasteiger charge is -2.33. The van der Waals surface area contributed by atoms with Crippen LogP contribution in [-0.4, -0.2) is 42.5 Å². The summed E-state index contributed by atoms with van der Waals surface area (Å²) in [7, 11) is 3.98. The first-order chi connectivity index (χ1) is 13.0. The molecule has 0 aromatic heterocycles. The smallest absolute Gasteiger partial charge is 0.318 e. The van der Waals surface area contributed by atoms with Crippen LogP contribution in [0.4, 0.5) is 16.2 Å². The van der Waals surface area contributed by atoms with Gasteiger partial charge in [0, 0.05) is 49.5 Å². The van der Waals surface area contributed by atoms with Crippen molar-refractivity contribution >= 4 is 23.3 Å². The molecule has 2 rings (SSSR count). The molecule has 1 aliphatic carbocycles. The first kappa shape index (κ1) is 22.1. The highest BCUT2D eigenvalue weighted by Crippen LogP contribution is 2.31. The summed E-state index contributed by atoms with van der Waals surface area (Å²) in [6.45, 7) is 10.6. The minimum atomic E-state index is -0.298. The molecule has 1 aliphatic rings. The van der Waals surface area contributed by atoms with Gasteiger partial charge in [-0.3, -0.25) is 4.79 Å². The van der Waals surface area contributed by atoms with Gasteiger partial charge in [-0.05, 0) is 70.7 Å². The van der Waals surface area contributed by atoms with Gasteiger partial charge in [0.25, 0.3) is 0 Å². The number of amides is 3. The maximum absolute atomic E-state index is 12.9. The van der Waals surface area contributed by atoms with Crippen LogP contribution in [0.1, 0.15) is 59.4 Å². The molecule has 0 bridgehead atoms. The molecule has 0 radical (unpaired) electrons. The van der Waals surface area contributed by atoms with Gasteiger partial charge in [-0.25, -0.2) is 4.79 Å². The zero-order valence-electron chi connectivity index (χ0n) is 18.4. The van der Waals surface area contributed by atoms with E-state index < -0.39 is 0 Å². The number of urea groups is 1. The van der Waals surface area contributed by atoms with Gasteiger partial charge in [-0.15, -0.1) is 0 Å². The van der Waals surface area contributed by atoms with Crippen molar-refractivity contribution < 1.29 is 9.59 Å². The molecule has 3 amide bonds. The third-order valence-electron chi connectivity index (χ3n) is 4.98. The van der Waals surface area contributed by atoms with Crippen LogP contribution in [0, 0.1) is 5.92 Å². The van der Waals surface area contributed by atoms with Crippen LogP contribution < -0.4 is 15.5 Å². The predicted molar refractivity (Wildman–Crippen MR) is 116 cm³/mol. The van der Waals surface area contributed by atoms with E-state index >= 15 is 0 Å². The van der Waals surface area contributed by atoms with Crippen LogP contribution in [0.3, 0.4) is 0 Å². The lowest BCUT2D eigenvalue weighted by molar-refractivity contribution is -0.117. The van der Waals surface area contributed by atoms with E-state index in [1.54, 1.807) is 0 Å². The van der Waals surface area contributed by atoms with Gasteiger partial charge in [-0.1, -0.05) is 6.92 Å². The lowest BCUT2D eigenvalue weighted by atomic mass is 10.1. The summed E-state index contributed by atoms with van der Waals surface area (Å²) >= 11 is 0. The molecule has 1 saturated carbocycles. The molecule has 1 fully saturated rings. The molecule has 0 saturated heterocycles. The van der Waals surface area contributed by atoms with Gasteiger partial charge in [-0.2, -0.15) is 0 Å². The Balaban J connectivity index is 2.29. The van der Waals surface area contributed by atoms with Gasteiger partial charge >= 0.3 is 6.03 Å². The second-order valence-electron chi connectivity index (χ2n) is 9.07. The van der Waals surface area contributed by atoms with E-state index in [4.69, 9.17) is 0 Å². The largest absolute Gasteiger partial charge is 0.377 e. The molecule has 1 aromatic rings. The number of carbonyl (C=O) groups is 2. The molecule has 0 heterocycles. The molecule has 0 unspecified atom stereocenters. The molecule has 28 heavy (non-hydrogen) atoms. The zero-order valence-corrected chi connectivity index (χ0v) is 18.4. The number of anilines is 2. The first-order valence-electron chi connectivity index (χ1n) is 10.2. The second kappa shape index (κ2) is 8.84. The van der Waals surface area contributed by atoms with Crippen molar-refractivity contribution in [1.29, 1.82) is 0 Å². The molecule has 0 aliphatic heterocycles. The molecule has 1 atom stereocenters. The van der Waals surface area contributed by atoms with Crippen molar-refractivity contribution in [2.24, 2.45) is 5.92 Å². The molecule has 0 spiro atoms. The van der Waals surface area contributed by atoms with Crippen molar-refractivity contribution in [3.05, 3.63) is 23.8 Å². The topological polar surface area (TPSA) is 64.7 Å². The van der Waals surface area contributed by atoms with E-state index in [9.17, 15) is 9.59 Å². The fraction of sp³-hybridized carbons (Fsp3) is 0.636. The van der Waals surface area contributed by atoms with Crippen LogP contribution in [0.25, 0.3) is 0 Å². The average Bonchev–Trinajstić information content (AvgIpc) is 3.42. The summed E-state index contributed by atoms with van der Waals surface area (Å²) in [5, 5.41) is 6.09. The van der Waals surface area contributed by atoms with Gasteiger partial charge in [0.05, 0.1) is 0 Å². The van der Waals surface area contributed by atoms with Crippen molar-refractivity contribution in [1.82, 2.24) is 10.2 Å². The minimum absolute atomic E-state index is 0.0704. The number of hydrogen-bond donors (Lipinski definition) is 2. The van der Waals surface area contributed by atoms with Crippen molar-refractivity contribution in [2.75, 3.05) is 24.3 Å². The molecule has 6 nitrogen and oxygen atoms in total. The van der Waals surface area contributed by atoms with Crippen LogP contribution in [-0.2, 0) is 11.3 Å². The number of rotatable bonds is 7. The molecule has 1 aromatic carbocycles. The Morgan fingerprint density at radius 1 is 1.21 bits per heavy atom. The number of hydrogen-bond acceptors (Lipinski definition) is 3. The quantitative estimate of drug-likeness (QED) is 0.735. The maximum atomic E-state index is 12.9. The minimum Gasteiger partial charge on any atom is -0.377 e. The van der Waals surface area contributed by atoms with Crippen LogP contribution in [0.5, 0.6) is 0 Å². The number of benzene rings is 1. The van der Waals surface area contributed by atoms with E-state index in [0.717, 1.165) is 36.2 Å². The van der Waals surface area contributed by atoms with Gasteiger partial charge in [0.1, 0.15) is 0 Å². The summed E-state index contributed by atoms with van der Waals surface area (Å²) < 4.78 is 0. The van der Waals surface area contributed by atoms with Gasteiger partial charge in [0.2, 0.25) is 5.91 Å². The second-order valence-corrected chi connectivity index (χ2v) is 9.07. The van der Waals surface area contributed by atoms with Crippen LogP contribution in [0.2, 0.25) is 0 Å². The Kier molecular flexibility index (Phi) is 6.96. The Morgan fingerprint density at radius 2 is 1.86 bits per heavy atom. The SMILES string of the molecule is CC[C@@H](C)N(Cc1cc(NC(=O)C2CC2)ccc1N(C)C)C(=O)NC(C)(C)C. The molecule has 2 N–H and O–H groups in total. The predicted octanol–water partition coefficient (Wildman–Crippen LogP) is 4.21. The lowest BCUT2D eigenvalue weighted by Crippen LogP contribution is -2.51. The highest BCUT2D eigenvalue weighted by molar-refractivity contribution is 5.94. The third-order valence-corrected chi connectivity index (χ3v) is 4.98. The molecular weight excluding hydrogens is 352 g/mol. The normalized spacial score (nSPS) is 15.0. The molecule has 156 valence electrons. The fourth-order valence-corrected chi connectivity index (χ4v) is 3.04. The van der Waals surface area contributed by atoms with Crippen molar-refractivity contribution in [3.8, 4) is 0 Å². The van der Waals surface area contributed by atoms with E-state index in [-0.39, 0.29) is 29.4 Å². The van der Waals surface area contributed by atoms with Gasteiger partial charge in [0.15, 0.2) is 0 Å². The van der Waals surface area contributed by atoms with Gasteiger partial charge < -0.3 is 20.4 Å². The maximum Gasteiger partial charge on any atom is 0.318 e. The van der Waals surface area contributed by atoms with Crippen molar-refractivity contribution in [3.63, 3.8) is 0 Å². The fourth-order valence-electron chi connectivity index (χ4n) is 3.04. The Bertz CT molecular complexity index is 705. The molecular formula is C22H36N4O2. The summed E-state index contributed by atoms with van der Waals surface area (Å²) in [5.41, 5.74) is 2.55. The van der Waals surface area contributed by atoms with Crippen LogP contribution in [0.15, 0.2) is 18.2 Å². The number of nitrogens with one attached hydrogen (secondary N) is 2. The number of nitrogens with zero attached hydrogens (tertiary/aromatic N) is 2. The molecule has 6 heteroatoms. The van der Waals surface area contributed by atoms with E-state index in [1.165, 1.54) is 0 Å². The third kappa shape index (κ3) is 6.14. The van der Waals surface area contributed by atoms with E-state index in [2.05, 4.69) is 24.5 Å². The first-order valence-corrected chi connectivity index (χ1v) is 10.2. The van der Waals surface area contributed by atoms with E-state index in [1.807, 2.05) is 62.9 Å². The number of carbonyl (C=O) groups excluding carboxylic acids is 2. The van der Waals surface area contributed by atoms with Crippen molar-refractivity contribution in [2.45, 2.75) is 72.0 Å². The standard InChI is InChI=1S/C22H36N4O2/c1-8-15(2)26(21(28)24-22(3,4)5)14-17-13-18(11-12-19(17)25(6)7)23-20(27)16-9-10-16/h11-13,15-16H,8-10,14H2,1-7H3,(H,23,27)(H,24,28)/t15-/m1/s1. The summed E-state index contributed by atoms with van der Waals surface area (Å²) in [4.78, 5) is 29.0. The zero-order chi connectivity index (χ0) is 21.1. The highest BCUT2D eigenvalue weighted by atomic mass is 16.2. The van der Waals surface area contributed by atoms with E-state index in [0.29, 0.717) is 6.54 Å². The highest BCUT2D eigenvalue weighted by Gasteiger charge is 2.30. The summed E-state index contributed by atoms with van der Waals surface area (Å²) in [6, 6.07) is 5.96. The summed E-state index contributed by atoms with van der Waals surface area (Å²) in [6.07, 6.45) is 2.82. The summed E-state index contributed by atoms with van der Waals surface area (Å²) in [5.74, 6) is 0.249. The Hall–Kier alpha value is -2.24.